The van der Waals surface area contributed by atoms with Gasteiger partial charge in [0.25, 0.3) is 0 Å². The van der Waals surface area contributed by atoms with Crippen LogP contribution in [0.1, 0.15) is 31.7 Å². The van der Waals surface area contributed by atoms with Crippen molar-refractivity contribution in [2.75, 3.05) is 0 Å². The van der Waals surface area contributed by atoms with E-state index in [9.17, 15) is 4.79 Å². The first-order valence-corrected chi connectivity index (χ1v) is 7.37. The average molecular weight is 286 g/mol. The van der Waals surface area contributed by atoms with Crippen molar-refractivity contribution in [3.05, 3.63) is 42.1 Å². The zero-order valence-corrected chi connectivity index (χ0v) is 12.3. The highest BCUT2D eigenvalue weighted by molar-refractivity contribution is 5.86. The maximum Gasteiger partial charge on any atom is 0.320 e. The van der Waals surface area contributed by atoms with Crippen LogP contribution in [0.25, 0.3) is 17.1 Å². The third-order valence-corrected chi connectivity index (χ3v) is 3.57. The number of aliphatic carboxylic acids is 1. The van der Waals surface area contributed by atoms with Crippen molar-refractivity contribution < 1.29 is 9.90 Å². The van der Waals surface area contributed by atoms with E-state index in [0.29, 0.717) is 6.42 Å². The lowest BCUT2D eigenvalue weighted by Crippen LogP contribution is -2.32. The van der Waals surface area contributed by atoms with Crippen molar-refractivity contribution in [1.82, 2.24) is 4.57 Å². The Labute approximate surface area is 124 Å². The van der Waals surface area contributed by atoms with Crippen LogP contribution in [0.4, 0.5) is 0 Å². The van der Waals surface area contributed by atoms with E-state index in [2.05, 4.69) is 17.6 Å². The minimum Gasteiger partial charge on any atom is -0.480 e. The second kappa shape index (κ2) is 7.09. The van der Waals surface area contributed by atoms with Gasteiger partial charge in [-0.15, -0.1) is 0 Å². The normalized spacial score (nSPS) is 13.0. The van der Waals surface area contributed by atoms with Crippen molar-refractivity contribution in [2.24, 2.45) is 5.73 Å². The molecule has 4 heteroatoms. The Bertz CT molecular complexity index is 643. The second-order valence-corrected chi connectivity index (χ2v) is 5.25. The molecule has 0 spiro atoms. The van der Waals surface area contributed by atoms with Crippen molar-refractivity contribution in [3.63, 3.8) is 0 Å². The molecule has 1 heterocycles. The maximum absolute atomic E-state index is 10.9. The number of carboxylic acids is 1. The number of nitrogens with two attached hydrogens (primary N) is 1. The monoisotopic (exact) mass is 286 g/mol. The summed E-state index contributed by atoms with van der Waals surface area (Å²) >= 11 is 0. The molecule has 0 aliphatic heterocycles. The molecule has 1 aromatic heterocycles. The van der Waals surface area contributed by atoms with Crippen LogP contribution in [0.5, 0.6) is 0 Å². The lowest BCUT2D eigenvalue weighted by Gasteiger charge is -2.04. The molecule has 0 aliphatic rings. The van der Waals surface area contributed by atoms with Gasteiger partial charge in [0, 0.05) is 24.2 Å². The minimum absolute atomic E-state index is 0.339. The summed E-state index contributed by atoms with van der Waals surface area (Å²) < 4.78 is 2.05. The molecule has 4 nitrogen and oxygen atoms in total. The number of hydrogen-bond donors (Lipinski definition) is 2. The predicted molar refractivity (Wildman–Crippen MR) is 86.1 cm³/mol. The summed E-state index contributed by atoms with van der Waals surface area (Å²) in [5.74, 6) is -0.967. The Hall–Kier alpha value is -2.07. The van der Waals surface area contributed by atoms with E-state index in [0.717, 1.165) is 22.9 Å². The van der Waals surface area contributed by atoms with Crippen LogP contribution in [-0.4, -0.2) is 21.7 Å². The van der Waals surface area contributed by atoms with Crippen molar-refractivity contribution in [2.45, 2.75) is 38.6 Å². The summed E-state index contributed by atoms with van der Waals surface area (Å²) in [7, 11) is 0. The number of allylic oxidation sites excluding steroid dienone is 1. The summed E-state index contributed by atoms with van der Waals surface area (Å²) in [6.45, 7) is 2.17. The van der Waals surface area contributed by atoms with Gasteiger partial charge in [-0.05, 0) is 18.1 Å². The molecule has 1 aromatic carbocycles. The lowest BCUT2D eigenvalue weighted by atomic mass is 10.1. The fraction of sp³-hybridized carbons (Fsp3) is 0.353. The summed E-state index contributed by atoms with van der Waals surface area (Å²) in [5.41, 5.74) is 7.72. The molecular formula is C17H22N2O2. The van der Waals surface area contributed by atoms with E-state index in [1.807, 2.05) is 36.7 Å². The van der Waals surface area contributed by atoms with Gasteiger partial charge in [0.1, 0.15) is 6.04 Å². The minimum atomic E-state index is -0.967. The number of rotatable bonds is 7. The molecule has 0 aliphatic carbocycles. The van der Waals surface area contributed by atoms with Gasteiger partial charge in [0.15, 0.2) is 0 Å². The van der Waals surface area contributed by atoms with E-state index in [1.165, 1.54) is 12.8 Å². The zero-order chi connectivity index (χ0) is 15.2. The molecular weight excluding hydrogens is 264 g/mol. The molecule has 2 aromatic rings. The fourth-order valence-corrected chi connectivity index (χ4v) is 2.40. The number of para-hydroxylation sites is 1. The standard InChI is InChI=1S/C17H22N2O2/c1-2-3-4-7-10-19-12-13(11-15(18)17(20)21)14-8-5-6-9-16(14)19/h5-10,12,15H,2-4,11,18H2,1H3,(H,20,21)/t15-/m0/s1. The van der Waals surface area contributed by atoms with Crippen LogP contribution < -0.4 is 5.73 Å². The molecule has 0 saturated carbocycles. The van der Waals surface area contributed by atoms with Gasteiger partial charge >= 0.3 is 5.97 Å². The molecule has 1 atom stereocenters. The Morgan fingerprint density at radius 2 is 2.19 bits per heavy atom. The number of aromatic nitrogens is 1. The Morgan fingerprint density at radius 1 is 1.43 bits per heavy atom. The number of unbranched alkanes of at least 4 members (excludes halogenated alkanes) is 2. The van der Waals surface area contributed by atoms with Gasteiger partial charge in [-0.3, -0.25) is 4.79 Å². The van der Waals surface area contributed by atoms with Crippen LogP contribution in [0.15, 0.2) is 36.5 Å². The number of nitrogens with zero attached hydrogens (tertiary/aromatic N) is 1. The molecule has 0 saturated heterocycles. The molecule has 112 valence electrons. The van der Waals surface area contributed by atoms with Gasteiger partial charge in [0.2, 0.25) is 0 Å². The zero-order valence-electron chi connectivity index (χ0n) is 12.3. The van der Waals surface area contributed by atoms with Crippen LogP contribution in [0.2, 0.25) is 0 Å². The Morgan fingerprint density at radius 3 is 2.90 bits per heavy atom. The largest absolute Gasteiger partial charge is 0.480 e. The van der Waals surface area contributed by atoms with Gasteiger partial charge in [0.05, 0.1) is 5.52 Å². The molecule has 3 N–H and O–H groups in total. The van der Waals surface area contributed by atoms with E-state index in [1.54, 1.807) is 0 Å². The van der Waals surface area contributed by atoms with E-state index in [-0.39, 0.29) is 0 Å². The van der Waals surface area contributed by atoms with Crippen LogP contribution in [0.3, 0.4) is 0 Å². The summed E-state index contributed by atoms with van der Waals surface area (Å²) in [5, 5.41) is 10.0. The first-order chi connectivity index (χ1) is 10.1. The molecule has 0 amide bonds. The SMILES string of the molecule is CCCCC=Cn1cc(C[C@H](N)C(=O)O)c2ccccc21. The quantitative estimate of drug-likeness (QED) is 0.768. The summed E-state index contributed by atoms with van der Waals surface area (Å²) in [6, 6.07) is 7.13. The number of fused-ring (bicyclic) bond motifs is 1. The topological polar surface area (TPSA) is 68.2 Å². The molecule has 0 radical (unpaired) electrons. The summed E-state index contributed by atoms with van der Waals surface area (Å²) in [4.78, 5) is 10.9. The van der Waals surface area contributed by atoms with Crippen molar-refractivity contribution >= 4 is 23.1 Å². The van der Waals surface area contributed by atoms with Gasteiger partial charge in [-0.25, -0.2) is 0 Å². The molecule has 21 heavy (non-hydrogen) atoms. The highest BCUT2D eigenvalue weighted by Gasteiger charge is 2.15. The highest BCUT2D eigenvalue weighted by atomic mass is 16.4. The fourth-order valence-electron chi connectivity index (χ4n) is 2.40. The lowest BCUT2D eigenvalue weighted by molar-refractivity contribution is -0.138. The first-order valence-electron chi connectivity index (χ1n) is 7.37. The second-order valence-electron chi connectivity index (χ2n) is 5.25. The number of benzene rings is 1. The van der Waals surface area contributed by atoms with Gasteiger partial charge in [-0.2, -0.15) is 0 Å². The van der Waals surface area contributed by atoms with Crippen LogP contribution in [-0.2, 0) is 11.2 Å². The van der Waals surface area contributed by atoms with Crippen LogP contribution >= 0.6 is 0 Å². The van der Waals surface area contributed by atoms with Gasteiger partial charge < -0.3 is 15.4 Å². The Kier molecular flexibility index (Phi) is 5.17. The van der Waals surface area contributed by atoms with Gasteiger partial charge in [-0.1, -0.05) is 44.0 Å². The smallest absolute Gasteiger partial charge is 0.320 e. The van der Waals surface area contributed by atoms with E-state index < -0.39 is 12.0 Å². The molecule has 0 bridgehead atoms. The number of carbonyl (C=O) groups is 1. The highest BCUT2D eigenvalue weighted by Crippen LogP contribution is 2.23. The number of hydrogen-bond acceptors (Lipinski definition) is 2. The average Bonchev–Trinajstić information content (AvgIpc) is 2.82. The third-order valence-electron chi connectivity index (χ3n) is 3.57. The molecule has 2 rings (SSSR count). The van der Waals surface area contributed by atoms with Crippen LogP contribution in [0, 0.1) is 0 Å². The van der Waals surface area contributed by atoms with Crippen molar-refractivity contribution in [1.29, 1.82) is 0 Å². The number of carboxylic acid groups (broad SMARTS) is 1. The van der Waals surface area contributed by atoms with Crippen molar-refractivity contribution in [3.8, 4) is 0 Å². The predicted octanol–water partition coefficient (Wildman–Crippen LogP) is 3.26. The molecule has 0 fully saturated rings. The first kappa shape index (κ1) is 15.3. The maximum atomic E-state index is 10.9. The Balaban J connectivity index is 2.30. The third kappa shape index (κ3) is 3.73. The van der Waals surface area contributed by atoms with E-state index >= 15 is 0 Å². The molecule has 0 unspecified atom stereocenters. The summed E-state index contributed by atoms with van der Waals surface area (Å²) in [6.07, 6.45) is 9.92. The van der Waals surface area contributed by atoms with E-state index in [4.69, 9.17) is 10.8 Å².